The summed E-state index contributed by atoms with van der Waals surface area (Å²) in [6.07, 6.45) is 1.15. The molecule has 1 fully saturated rings. The fourth-order valence-corrected chi connectivity index (χ4v) is 3.34. The van der Waals surface area contributed by atoms with Crippen molar-refractivity contribution in [2.45, 2.75) is 46.2 Å². The Bertz CT molecular complexity index is 520. The largest absolute Gasteiger partial charge is 0.369 e. The van der Waals surface area contributed by atoms with Crippen LogP contribution in [-0.4, -0.2) is 62.2 Å². The van der Waals surface area contributed by atoms with Gasteiger partial charge in [-0.2, -0.15) is 0 Å². The minimum Gasteiger partial charge on any atom is -0.369 e. The molecule has 0 radical (unpaired) electrons. The van der Waals surface area contributed by atoms with E-state index in [0.29, 0.717) is 12.1 Å². The van der Waals surface area contributed by atoms with Gasteiger partial charge in [-0.15, -0.1) is 24.0 Å². The van der Waals surface area contributed by atoms with Crippen LogP contribution in [0.25, 0.3) is 0 Å². The molecule has 2 rings (SSSR count). The molecule has 6 heteroatoms. The Morgan fingerprint density at radius 1 is 1.27 bits per heavy atom. The average molecular weight is 473 g/mol. The summed E-state index contributed by atoms with van der Waals surface area (Å²) in [6.45, 7) is 14.7. The van der Waals surface area contributed by atoms with E-state index in [-0.39, 0.29) is 24.0 Å². The molecular weight excluding hydrogens is 437 g/mol. The van der Waals surface area contributed by atoms with Gasteiger partial charge in [-0.1, -0.05) is 25.1 Å². The first kappa shape index (κ1) is 23.0. The summed E-state index contributed by atoms with van der Waals surface area (Å²) in [6, 6.07) is 11.7. The van der Waals surface area contributed by atoms with Crippen molar-refractivity contribution in [3.05, 3.63) is 30.3 Å². The van der Waals surface area contributed by atoms with Crippen molar-refractivity contribution in [1.29, 1.82) is 0 Å². The van der Waals surface area contributed by atoms with E-state index in [4.69, 9.17) is 4.99 Å². The quantitative estimate of drug-likeness (QED) is 0.346. The lowest BCUT2D eigenvalue weighted by molar-refractivity contribution is 0.240. The second kappa shape index (κ2) is 12.4. The van der Waals surface area contributed by atoms with Crippen LogP contribution in [-0.2, 0) is 0 Å². The molecule has 2 N–H and O–H groups in total. The van der Waals surface area contributed by atoms with E-state index in [1.807, 2.05) is 0 Å². The molecule has 0 aromatic heterocycles. The van der Waals surface area contributed by atoms with Gasteiger partial charge in [0.1, 0.15) is 0 Å². The Balaban J connectivity index is 0.00000338. The highest BCUT2D eigenvalue weighted by atomic mass is 127. The molecule has 0 spiro atoms. The van der Waals surface area contributed by atoms with Crippen LogP contribution in [0.15, 0.2) is 35.3 Å². The van der Waals surface area contributed by atoms with Crippen LogP contribution in [0, 0.1) is 0 Å². The van der Waals surface area contributed by atoms with Gasteiger partial charge >= 0.3 is 0 Å². The van der Waals surface area contributed by atoms with Crippen LogP contribution >= 0.6 is 24.0 Å². The van der Waals surface area contributed by atoms with E-state index in [1.165, 1.54) is 5.69 Å². The number of aliphatic imine (C=N–C) groups is 1. The molecule has 1 atom stereocenters. The first-order valence-electron chi connectivity index (χ1n) is 9.72. The minimum absolute atomic E-state index is 0. The van der Waals surface area contributed by atoms with Crippen LogP contribution in [0.2, 0.25) is 0 Å². The highest BCUT2D eigenvalue weighted by Crippen LogP contribution is 2.19. The second-order valence-electron chi connectivity index (χ2n) is 6.89. The highest BCUT2D eigenvalue weighted by molar-refractivity contribution is 14.0. The summed E-state index contributed by atoms with van der Waals surface area (Å²) in [5.41, 5.74) is 1.31. The maximum absolute atomic E-state index is 4.78. The molecule has 1 aliphatic heterocycles. The van der Waals surface area contributed by atoms with Crippen molar-refractivity contribution in [2.24, 2.45) is 4.99 Å². The van der Waals surface area contributed by atoms with Crippen LogP contribution in [0.1, 0.15) is 34.1 Å². The number of nitrogens with one attached hydrogen (secondary N) is 2. The summed E-state index contributed by atoms with van der Waals surface area (Å²) in [4.78, 5) is 9.67. The van der Waals surface area contributed by atoms with Gasteiger partial charge in [-0.05, 0) is 45.9 Å². The van der Waals surface area contributed by atoms with Crippen LogP contribution in [0.5, 0.6) is 0 Å². The molecule has 1 heterocycles. The summed E-state index contributed by atoms with van der Waals surface area (Å²) in [7, 11) is 0. The molecule has 0 amide bonds. The van der Waals surface area contributed by atoms with Gasteiger partial charge in [0.2, 0.25) is 0 Å². The van der Waals surface area contributed by atoms with Crippen molar-refractivity contribution in [2.75, 3.05) is 44.2 Å². The van der Waals surface area contributed by atoms with Gasteiger partial charge in [-0.3, -0.25) is 9.89 Å². The minimum atomic E-state index is 0. The van der Waals surface area contributed by atoms with E-state index in [2.05, 4.69) is 78.5 Å². The third-order valence-electron chi connectivity index (χ3n) is 4.79. The summed E-state index contributed by atoms with van der Waals surface area (Å²) >= 11 is 0. The topological polar surface area (TPSA) is 42.9 Å². The van der Waals surface area contributed by atoms with Crippen LogP contribution < -0.4 is 15.5 Å². The summed E-state index contributed by atoms with van der Waals surface area (Å²) < 4.78 is 0. The van der Waals surface area contributed by atoms with E-state index in [9.17, 15) is 0 Å². The molecule has 5 nitrogen and oxygen atoms in total. The zero-order chi connectivity index (χ0) is 18.1. The number of para-hydroxylation sites is 1. The number of anilines is 1. The number of likely N-dealkylation sites (N-methyl/N-ethyl adjacent to an activating group) is 1. The third-order valence-corrected chi connectivity index (χ3v) is 4.79. The van der Waals surface area contributed by atoms with Gasteiger partial charge in [0.05, 0.1) is 6.54 Å². The average Bonchev–Trinajstić information content (AvgIpc) is 3.08. The van der Waals surface area contributed by atoms with Gasteiger partial charge in [0, 0.05) is 44.0 Å². The monoisotopic (exact) mass is 473 g/mol. The smallest absolute Gasteiger partial charge is 0.191 e. The zero-order valence-electron chi connectivity index (χ0n) is 16.7. The van der Waals surface area contributed by atoms with Gasteiger partial charge in [0.25, 0.3) is 0 Å². The molecule has 1 aromatic rings. The number of guanidine groups is 1. The molecule has 26 heavy (non-hydrogen) atoms. The maximum Gasteiger partial charge on any atom is 0.191 e. The van der Waals surface area contributed by atoms with E-state index < -0.39 is 0 Å². The molecule has 148 valence electrons. The first-order chi connectivity index (χ1) is 12.1. The van der Waals surface area contributed by atoms with Crippen molar-refractivity contribution < 1.29 is 0 Å². The number of nitrogens with zero attached hydrogens (tertiary/aromatic N) is 3. The molecule has 1 unspecified atom stereocenters. The zero-order valence-corrected chi connectivity index (χ0v) is 19.1. The number of hydrogen-bond acceptors (Lipinski definition) is 3. The molecule has 1 aromatic carbocycles. The van der Waals surface area contributed by atoms with Crippen molar-refractivity contribution in [3.63, 3.8) is 0 Å². The fourth-order valence-electron chi connectivity index (χ4n) is 3.34. The molecular formula is C20H36IN5. The number of benzene rings is 1. The molecule has 0 saturated carbocycles. The van der Waals surface area contributed by atoms with Crippen molar-refractivity contribution in [3.8, 4) is 0 Å². The maximum atomic E-state index is 4.78. The van der Waals surface area contributed by atoms with E-state index >= 15 is 0 Å². The van der Waals surface area contributed by atoms with Gasteiger partial charge < -0.3 is 15.5 Å². The SMILES string of the molecule is CCNC(=NCCN(CC)C(C)C)NC1CCN(c2ccccc2)C1.I. The second-order valence-corrected chi connectivity index (χ2v) is 6.89. The third kappa shape index (κ3) is 7.31. The predicted molar refractivity (Wildman–Crippen MR) is 124 cm³/mol. The Morgan fingerprint density at radius 2 is 2.00 bits per heavy atom. The molecule has 0 bridgehead atoms. The number of halogens is 1. The predicted octanol–water partition coefficient (Wildman–Crippen LogP) is 3.17. The fraction of sp³-hybridized carbons (Fsp3) is 0.650. The van der Waals surface area contributed by atoms with Crippen LogP contribution in [0.3, 0.4) is 0 Å². The Kier molecular flexibility index (Phi) is 11.0. The number of rotatable bonds is 8. The van der Waals surface area contributed by atoms with E-state index in [1.54, 1.807) is 0 Å². The lowest BCUT2D eigenvalue weighted by atomic mass is 10.3. The first-order valence-corrected chi connectivity index (χ1v) is 9.72. The van der Waals surface area contributed by atoms with Crippen LogP contribution in [0.4, 0.5) is 5.69 Å². The molecule has 0 aliphatic carbocycles. The Hall–Kier alpha value is -1.02. The lowest BCUT2D eigenvalue weighted by Gasteiger charge is -2.24. The Morgan fingerprint density at radius 3 is 2.62 bits per heavy atom. The normalized spacial score (nSPS) is 17.5. The van der Waals surface area contributed by atoms with Crippen molar-refractivity contribution in [1.82, 2.24) is 15.5 Å². The lowest BCUT2D eigenvalue weighted by Crippen LogP contribution is -2.45. The van der Waals surface area contributed by atoms with Crippen molar-refractivity contribution >= 4 is 35.6 Å². The standard InChI is InChI=1S/C20H35N5.HI/c1-5-21-20(22-13-15-24(6-2)17(3)4)23-18-12-14-25(16-18)19-10-8-7-9-11-19;/h7-11,17-18H,5-6,12-16H2,1-4H3,(H2,21,22,23);1H. The Labute approximate surface area is 176 Å². The summed E-state index contributed by atoms with van der Waals surface area (Å²) in [5, 5.41) is 7.00. The summed E-state index contributed by atoms with van der Waals surface area (Å²) in [5.74, 6) is 0.947. The highest BCUT2D eigenvalue weighted by Gasteiger charge is 2.23. The van der Waals surface area contributed by atoms with Gasteiger partial charge in [-0.25, -0.2) is 0 Å². The van der Waals surface area contributed by atoms with E-state index in [0.717, 1.165) is 51.6 Å². The van der Waals surface area contributed by atoms with Gasteiger partial charge in [0.15, 0.2) is 5.96 Å². The molecule has 1 aliphatic rings. The molecule has 1 saturated heterocycles. The number of hydrogen-bond donors (Lipinski definition) is 2.